The first kappa shape index (κ1) is 13.5. The molecular weight excluding hydrogens is 274 g/mol. The molecule has 3 rings (SSSR count). The maximum absolute atomic E-state index is 6.24. The highest BCUT2D eigenvalue weighted by Gasteiger charge is 2.25. The summed E-state index contributed by atoms with van der Waals surface area (Å²) in [7, 11) is 1.92. The molecule has 2 aromatic rings. The number of aryl methyl sites for hydroxylation is 1. The van der Waals surface area contributed by atoms with E-state index < -0.39 is 0 Å². The van der Waals surface area contributed by atoms with Gasteiger partial charge in [-0.15, -0.1) is 0 Å². The van der Waals surface area contributed by atoms with Crippen molar-refractivity contribution in [3.8, 4) is 5.75 Å². The molecule has 1 aromatic carbocycles. The molecule has 0 amide bonds. The molecule has 0 radical (unpaired) electrons. The van der Waals surface area contributed by atoms with E-state index in [1.54, 1.807) is 0 Å². The summed E-state index contributed by atoms with van der Waals surface area (Å²) in [5.41, 5.74) is 2.22. The van der Waals surface area contributed by atoms with Crippen molar-refractivity contribution in [2.75, 3.05) is 13.7 Å². The molecule has 2 heterocycles. The van der Waals surface area contributed by atoms with Crippen LogP contribution in [0, 0.1) is 0 Å². The third-order valence-corrected chi connectivity index (χ3v) is 3.91. The predicted octanol–water partition coefficient (Wildman–Crippen LogP) is 3.74. The summed E-state index contributed by atoms with van der Waals surface area (Å²) in [5.74, 6) is 2.83. The molecule has 3 nitrogen and oxygen atoms in total. The van der Waals surface area contributed by atoms with Crippen LogP contribution in [0.3, 0.4) is 0 Å². The van der Waals surface area contributed by atoms with E-state index in [0.717, 1.165) is 47.3 Å². The van der Waals surface area contributed by atoms with Crippen molar-refractivity contribution in [2.45, 2.75) is 25.8 Å². The Morgan fingerprint density at radius 3 is 2.90 bits per heavy atom. The van der Waals surface area contributed by atoms with Gasteiger partial charge in [-0.1, -0.05) is 18.5 Å². The normalized spacial score (nSPS) is 14.9. The lowest BCUT2D eigenvalue weighted by Crippen LogP contribution is -2.18. The molecule has 1 atom stereocenters. The Balaban J connectivity index is 2.05. The van der Waals surface area contributed by atoms with E-state index in [2.05, 4.69) is 12.2 Å². The summed E-state index contributed by atoms with van der Waals surface area (Å²) in [5, 5.41) is 4.04. The fourth-order valence-corrected chi connectivity index (χ4v) is 2.95. The molecule has 20 heavy (non-hydrogen) atoms. The van der Waals surface area contributed by atoms with Gasteiger partial charge in [0.25, 0.3) is 0 Å². The number of hydrogen-bond acceptors (Lipinski definition) is 3. The van der Waals surface area contributed by atoms with Crippen LogP contribution in [0.4, 0.5) is 0 Å². The minimum Gasteiger partial charge on any atom is -0.493 e. The van der Waals surface area contributed by atoms with Crippen molar-refractivity contribution in [1.82, 2.24) is 5.32 Å². The third-order valence-electron chi connectivity index (χ3n) is 3.69. The largest absolute Gasteiger partial charge is 0.493 e. The summed E-state index contributed by atoms with van der Waals surface area (Å²) in [6.07, 6.45) is 1.80. The van der Waals surface area contributed by atoms with E-state index in [-0.39, 0.29) is 6.04 Å². The van der Waals surface area contributed by atoms with Crippen LogP contribution in [-0.2, 0) is 12.8 Å². The number of ether oxygens (including phenoxy) is 1. The average Bonchev–Trinajstić information content (AvgIpc) is 3.07. The average molecular weight is 292 g/mol. The van der Waals surface area contributed by atoms with Crippen LogP contribution in [-0.4, -0.2) is 13.7 Å². The molecule has 0 aliphatic carbocycles. The summed E-state index contributed by atoms with van der Waals surface area (Å²) >= 11 is 6.24. The van der Waals surface area contributed by atoms with Crippen LogP contribution >= 0.6 is 11.6 Å². The molecule has 0 bridgehead atoms. The quantitative estimate of drug-likeness (QED) is 0.932. The molecule has 4 heteroatoms. The van der Waals surface area contributed by atoms with Gasteiger partial charge in [0.1, 0.15) is 17.3 Å². The van der Waals surface area contributed by atoms with E-state index in [1.165, 1.54) is 5.56 Å². The minimum absolute atomic E-state index is 0.0409. The molecule has 0 spiro atoms. The number of benzene rings is 1. The highest BCUT2D eigenvalue weighted by molar-refractivity contribution is 6.30. The number of fused-ring (bicyclic) bond motifs is 1. The van der Waals surface area contributed by atoms with Crippen molar-refractivity contribution < 1.29 is 9.15 Å². The lowest BCUT2D eigenvalue weighted by Gasteiger charge is -2.18. The molecule has 1 aromatic heterocycles. The zero-order valence-corrected chi connectivity index (χ0v) is 12.5. The molecule has 0 saturated heterocycles. The van der Waals surface area contributed by atoms with E-state index in [4.69, 9.17) is 20.8 Å². The van der Waals surface area contributed by atoms with Crippen LogP contribution in [0.15, 0.2) is 28.7 Å². The van der Waals surface area contributed by atoms with Crippen molar-refractivity contribution in [1.29, 1.82) is 0 Å². The van der Waals surface area contributed by atoms with Crippen LogP contribution < -0.4 is 10.1 Å². The van der Waals surface area contributed by atoms with Crippen molar-refractivity contribution >= 4 is 11.6 Å². The van der Waals surface area contributed by atoms with Gasteiger partial charge in [-0.3, -0.25) is 0 Å². The Morgan fingerprint density at radius 1 is 1.35 bits per heavy atom. The van der Waals surface area contributed by atoms with E-state index >= 15 is 0 Å². The van der Waals surface area contributed by atoms with Gasteiger partial charge in [-0.05, 0) is 36.9 Å². The lowest BCUT2D eigenvalue weighted by atomic mass is 10.00. The molecule has 0 fully saturated rings. The number of rotatable bonds is 4. The SMILES string of the molecule is CCc1ccc(C(NC)c2cc(Cl)cc3c2OCC3)o1. The first-order valence-corrected chi connectivity index (χ1v) is 7.31. The van der Waals surface area contributed by atoms with Gasteiger partial charge in [-0.2, -0.15) is 0 Å². The second kappa shape index (κ2) is 5.51. The highest BCUT2D eigenvalue weighted by Crippen LogP contribution is 2.38. The molecule has 106 valence electrons. The number of furan rings is 1. The molecule has 1 unspecified atom stereocenters. The minimum atomic E-state index is -0.0409. The Bertz CT molecular complexity index is 621. The van der Waals surface area contributed by atoms with Gasteiger partial charge in [0.15, 0.2) is 0 Å². The topological polar surface area (TPSA) is 34.4 Å². The summed E-state index contributed by atoms with van der Waals surface area (Å²) in [6.45, 7) is 2.80. The van der Waals surface area contributed by atoms with Gasteiger partial charge in [0.05, 0.1) is 12.6 Å². The fourth-order valence-electron chi connectivity index (χ4n) is 2.70. The third kappa shape index (κ3) is 2.32. The van der Waals surface area contributed by atoms with Gasteiger partial charge < -0.3 is 14.5 Å². The zero-order valence-electron chi connectivity index (χ0n) is 11.7. The van der Waals surface area contributed by atoms with Gasteiger partial charge >= 0.3 is 0 Å². The number of hydrogen-bond donors (Lipinski definition) is 1. The summed E-state index contributed by atoms with van der Waals surface area (Å²) < 4.78 is 11.7. The Labute approximate surface area is 123 Å². The molecule has 0 saturated carbocycles. The number of nitrogens with one attached hydrogen (secondary N) is 1. The second-order valence-corrected chi connectivity index (χ2v) is 5.40. The zero-order chi connectivity index (χ0) is 14.1. The second-order valence-electron chi connectivity index (χ2n) is 4.96. The van der Waals surface area contributed by atoms with Gasteiger partial charge in [0.2, 0.25) is 0 Å². The number of halogens is 1. The fraction of sp³-hybridized carbons (Fsp3) is 0.375. The Kier molecular flexibility index (Phi) is 3.72. The van der Waals surface area contributed by atoms with Crippen LogP contribution in [0.25, 0.3) is 0 Å². The maximum Gasteiger partial charge on any atom is 0.127 e. The van der Waals surface area contributed by atoms with E-state index in [0.29, 0.717) is 0 Å². The first-order chi connectivity index (χ1) is 9.72. The predicted molar refractivity (Wildman–Crippen MR) is 79.6 cm³/mol. The van der Waals surface area contributed by atoms with Crippen LogP contribution in [0.2, 0.25) is 5.02 Å². The van der Waals surface area contributed by atoms with E-state index in [9.17, 15) is 0 Å². The van der Waals surface area contributed by atoms with Crippen molar-refractivity contribution in [3.05, 3.63) is 51.9 Å². The van der Waals surface area contributed by atoms with Gasteiger partial charge in [0, 0.05) is 23.4 Å². The van der Waals surface area contributed by atoms with Crippen LogP contribution in [0.5, 0.6) is 5.75 Å². The highest BCUT2D eigenvalue weighted by atomic mass is 35.5. The molecule has 1 aliphatic rings. The van der Waals surface area contributed by atoms with Gasteiger partial charge in [-0.25, -0.2) is 0 Å². The molecule has 1 N–H and O–H groups in total. The van der Waals surface area contributed by atoms with Crippen molar-refractivity contribution in [3.63, 3.8) is 0 Å². The van der Waals surface area contributed by atoms with Crippen LogP contribution in [0.1, 0.15) is 35.6 Å². The maximum atomic E-state index is 6.24. The van der Waals surface area contributed by atoms with E-state index in [1.807, 2.05) is 31.3 Å². The Hall–Kier alpha value is -1.45. The summed E-state index contributed by atoms with van der Waals surface area (Å²) in [6, 6.07) is 7.94. The smallest absolute Gasteiger partial charge is 0.127 e. The standard InChI is InChI=1S/C16H18ClNO2/c1-3-12-4-5-14(20-12)15(18-2)13-9-11(17)8-10-6-7-19-16(10)13/h4-5,8-9,15,18H,3,6-7H2,1-2H3. The lowest BCUT2D eigenvalue weighted by molar-refractivity contribution is 0.347. The first-order valence-electron chi connectivity index (χ1n) is 6.94. The van der Waals surface area contributed by atoms with Crippen molar-refractivity contribution in [2.24, 2.45) is 0 Å². The molecule has 1 aliphatic heterocycles. The molecular formula is C16H18ClNO2. The monoisotopic (exact) mass is 291 g/mol. The Morgan fingerprint density at radius 2 is 2.20 bits per heavy atom. The summed E-state index contributed by atoms with van der Waals surface area (Å²) in [4.78, 5) is 0.